The van der Waals surface area contributed by atoms with Gasteiger partial charge in [-0.2, -0.15) is 0 Å². The van der Waals surface area contributed by atoms with E-state index in [1.165, 1.54) is 27.6 Å². The largest absolute Gasteiger partial charge is 0.455 e. The average Bonchev–Trinajstić information content (AvgIpc) is 3.55. The molecule has 0 amide bonds. The molecule has 0 radical (unpaired) electrons. The summed E-state index contributed by atoms with van der Waals surface area (Å²) < 4.78 is 6.38. The van der Waals surface area contributed by atoms with Crippen molar-refractivity contribution in [1.82, 2.24) is 0 Å². The molecule has 9 rings (SSSR count). The Morgan fingerprint density at radius 3 is 1.71 bits per heavy atom. The zero-order valence-electron chi connectivity index (χ0n) is 26.3. The molecule has 0 aliphatic heterocycles. The first-order valence-electron chi connectivity index (χ1n) is 16.3. The van der Waals surface area contributed by atoms with Gasteiger partial charge in [-0.05, 0) is 87.8 Å². The molecule has 0 fully saturated rings. The van der Waals surface area contributed by atoms with Crippen LogP contribution in [0.15, 0.2) is 192 Å². The van der Waals surface area contributed by atoms with Gasteiger partial charge in [0.15, 0.2) is 0 Å². The molecule has 0 aliphatic rings. The number of benzene rings is 8. The normalized spacial score (nSPS) is 11.3. The van der Waals surface area contributed by atoms with Crippen LogP contribution in [-0.2, 0) is 0 Å². The molecule has 1 heterocycles. The fraction of sp³-hybridized carbons (Fsp3) is 0. The van der Waals surface area contributed by atoms with Crippen molar-refractivity contribution < 1.29 is 4.42 Å². The lowest BCUT2D eigenvalue weighted by Gasteiger charge is -2.28. The minimum atomic E-state index is 0.907. The van der Waals surface area contributed by atoms with Crippen molar-refractivity contribution in [3.63, 3.8) is 0 Å². The monoisotopic (exact) mass is 613 g/mol. The first-order chi connectivity index (χ1) is 23.8. The van der Waals surface area contributed by atoms with E-state index in [2.05, 4.69) is 193 Å². The van der Waals surface area contributed by atoms with Crippen molar-refractivity contribution in [2.24, 2.45) is 0 Å². The van der Waals surface area contributed by atoms with E-state index in [1.807, 2.05) is 0 Å². The second-order valence-corrected chi connectivity index (χ2v) is 12.2. The van der Waals surface area contributed by atoms with Gasteiger partial charge >= 0.3 is 0 Å². The van der Waals surface area contributed by atoms with Crippen LogP contribution in [0.2, 0.25) is 0 Å². The molecule has 0 aliphatic carbocycles. The van der Waals surface area contributed by atoms with E-state index < -0.39 is 0 Å². The third-order valence-electron chi connectivity index (χ3n) is 9.26. The summed E-state index contributed by atoms with van der Waals surface area (Å²) in [5.74, 6) is 0. The molecule has 1 aromatic heterocycles. The minimum Gasteiger partial charge on any atom is -0.455 e. The van der Waals surface area contributed by atoms with Crippen LogP contribution in [0.4, 0.5) is 17.1 Å². The van der Waals surface area contributed by atoms with Gasteiger partial charge in [0.05, 0.1) is 5.69 Å². The van der Waals surface area contributed by atoms with Crippen molar-refractivity contribution >= 4 is 49.8 Å². The Hall–Kier alpha value is -6.38. The quantitative estimate of drug-likeness (QED) is 0.185. The predicted molar refractivity (Wildman–Crippen MR) is 202 cm³/mol. The Morgan fingerprint density at radius 1 is 0.354 bits per heavy atom. The van der Waals surface area contributed by atoms with Crippen molar-refractivity contribution in [3.05, 3.63) is 188 Å². The van der Waals surface area contributed by atoms with E-state index >= 15 is 0 Å². The summed E-state index contributed by atoms with van der Waals surface area (Å²) in [6.07, 6.45) is 0. The Morgan fingerprint density at radius 2 is 0.938 bits per heavy atom. The van der Waals surface area contributed by atoms with Gasteiger partial charge in [0, 0.05) is 33.1 Å². The van der Waals surface area contributed by atoms with Crippen molar-refractivity contribution in [2.75, 3.05) is 4.90 Å². The highest BCUT2D eigenvalue weighted by Crippen LogP contribution is 2.43. The molecule has 0 atom stereocenters. The molecule has 9 aromatic rings. The summed E-state index contributed by atoms with van der Waals surface area (Å²) in [5.41, 5.74) is 12.2. The van der Waals surface area contributed by atoms with E-state index in [-0.39, 0.29) is 0 Å². The SMILES string of the molecule is c1ccc(-c2ccc(N(c3ccccc3)c3ccc(-c4ccc5oc6c7ccccc7ccc6c5c4)cc3)c(-c3ccccc3)c2)cc1. The van der Waals surface area contributed by atoms with Crippen LogP contribution >= 0.6 is 0 Å². The van der Waals surface area contributed by atoms with E-state index in [4.69, 9.17) is 4.42 Å². The molecule has 0 bridgehead atoms. The summed E-state index contributed by atoms with van der Waals surface area (Å²) in [6.45, 7) is 0. The highest BCUT2D eigenvalue weighted by atomic mass is 16.3. The predicted octanol–water partition coefficient (Wildman–Crippen LogP) is 13.2. The smallest absolute Gasteiger partial charge is 0.143 e. The van der Waals surface area contributed by atoms with Crippen LogP contribution in [0.5, 0.6) is 0 Å². The summed E-state index contributed by atoms with van der Waals surface area (Å²) in [6, 6.07) is 66.9. The molecule has 0 saturated heterocycles. The number of fused-ring (bicyclic) bond motifs is 5. The Labute approximate surface area is 279 Å². The van der Waals surface area contributed by atoms with Crippen LogP contribution in [0.3, 0.4) is 0 Å². The van der Waals surface area contributed by atoms with Crippen LogP contribution in [-0.4, -0.2) is 0 Å². The maximum Gasteiger partial charge on any atom is 0.143 e. The number of hydrogen-bond donors (Lipinski definition) is 0. The second kappa shape index (κ2) is 11.8. The fourth-order valence-electron chi connectivity index (χ4n) is 6.88. The number of hydrogen-bond acceptors (Lipinski definition) is 2. The first kappa shape index (κ1) is 27.9. The number of para-hydroxylation sites is 1. The van der Waals surface area contributed by atoms with Gasteiger partial charge in [-0.15, -0.1) is 0 Å². The van der Waals surface area contributed by atoms with Gasteiger partial charge in [-0.25, -0.2) is 0 Å². The molecule has 0 spiro atoms. The lowest BCUT2D eigenvalue weighted by atomic mass is 9.96. The fourth-order valence-corrected chi connectivity index (χ4v) is 6.88. The third-order valence-corrected chi connectivity index (χ3v) is 9.26. The molecular weight excluding hydrogens is 583 g/mol. The molecular formula is C46H31NO. The van der Waals surface area contributed by atoms with Crippen LogP contribution in [0.1, 0.15) is 0 Å². The number of rotatable bonds is 6. The van der Waals surface area contributed by atoms with Crippen molar-refractivity contribution in [2.45, 2.75) is 0 Å². The van der Waals surface area contributed by atoms with Gasteiger partial charge < -0.3 is 9.32 Å². The Balaban J connectivity index is 1.15. The van der Waals surface area contributed by atoms with Crippen LogP contribution in [0, 0.1) is 0 Å². The second-order valence-electron chi connectivity index (χ2n) is 12.2. The van der Waals surface area contributed by atoms with Gasteiger partial charge in [0.2, 0.25) is 0 Å². The van der Waals surface area contributed by atoms with E-state index in [9.17, 15) is 0 Å². The van der Waals surface area contributed by atoms with Gasteiger partial charge in [0.1, 0.15) is 11.2 Å². The highest BCUT2D eigenvalue weighted by molar-refractivity contribution is 6.15. The van der Waals surface area contributed by atoms with Crippen LogP contribution in [0.25, 0.3) is 66.1 Å². The first-order valence-corrected chi connectivity index (χ1v) is 16.3. The lowest BCUT2D eigenvalue weighted by Crippen LogP contribution is -2.11. The highest BCUT2D eigenvalue weighted by Gasteiger charge is 2.19. The molecule has 2 heteroatoms. The maximum atomic E-state index is 6.38. The van der Waals surface area contributed by atoms with Gasteiger partial charge in [-0.1, -0.05) is 133 Å². The minimum absolute atomic E-state index is 0.907. The Kier molecular flexibility index (Phi) is 6.84. The summed E-state index contributed by atoms with van der Waals surface area (Å²) in [5, 5.41) is 4.61. The zero-order valence-corrected chi connectivity index (χ0v) is 26.3. The molecule has 48 heavy (non-hydrogen) atoms. The summed E-state index contributed by atoms with van der Waals surface area (Å²) in [4.78, 5) is 2.36. The van der Waals surface area contributed by atoms with E-state index in [0.717, 1.165) is 55.5 Å². The molecule has 0 N–H and O–H groups in total. The van der Waals surface area contributed by atoms with Crippen LogP contribution < -0.4 is 4.90 Å². The molecule has 0 saturated carbocycles. The molecule has 0 unspecified atom stereocenters. The standard InChI is InChI=1S/C46H31NO/c1-4-12-32(13-5-1)36-23-28-44(42(30-36)34-14-6-2-7-15-34)47(38-17-8-3-9-18-38)39-25-20-33(21-26-39)37-24-29-45-43(31-37)41-27-22-35-16-10-11-19-40(35)46(41)48-45/h1-31H. The zero-order chi connectivity index (χ0) is 31.9. The summed E-state index contributed by atoms with van der Waals surface area (Å²) in [7, 11) is 0. The third kappa shape index (κ3) is 4.92. The van der Waals surface area contributed by atoms with Gasteiger partial charge in [0.25, 0.3) is 0 Å². The Bertz CT molecular complexity index is 2530. The van der Waals surface area contributed by atoms with E-state index in [0.29, 0.717) is 0 Å². The number of anilines is 3. The lowest BCUT2D eigenvalue weighted by molar-refractivity contribution is 0.672. The molecule has 8 aromatic carbocycles. The number of nitrogens with zero attached hydrogens (tertiary/aromatic N) is 1. The molecule has 2 nitrogen and oxygen atoms in total. The topological polar surface area (TPSA) is 16.4 Å². The molecule has 226 valence electrons. The van der Waals surface area contributed by atoms with Crippen molar-refractivity contribution in [1.29, 1.82) is 0 Å². The average molecular weight is 614 g/mol. The summed E-state index contributed by atoms with van der Waals surface area (Å²) >= 11 is 0. The maximum absolute atomic E-state index is 6.38. The van der Waals surface area contributed by atoms with E-state index in [1.54, 1.807) is 0 Å². The van der Waals surface area contributed by atoms with Crippen molar-refractivity contribution in [3.8, 4) is 33.4 Å². The van der Waals surface area contributed by atoms with Gasteiger partial charge in [-0.3, -0.25) is 0 Å². The number of furan rings is 1.